The molecule has 4 aromatic carbocycles. The first-order chi connectivity index (χ1) is 18.4. The van der Waals surface area contributed by atoms with Crippen LogP contribution in [0.25, 0.3) is 0 Å². The van der Waals surface area contributed by atoms with Crippen LogP contribution in [0.1, 0.15) is 51.8 Å². The van der Waals surface area contributed by atoms with Crippen LogP contribution in [-0.2, 0) is 0 Å². The van der Waals surface area contributed by atoms with E-state index in [4.69, 9.17) is 0 Å². The molecule has 0 atom stereocenters. The zero-order valence-electron chi connectivity index (χ0n) is 19.8. The minimum absolute atomic E-state index is 0.139. The number of nitrogens with one attached hydrogen (secondary N) is 4. The molecule has 0 spiro atoms. The van der Waals surface area contributed by atoms with Gasteiger partial charge in [-0.2, -0.15) is 0 Å². The lowest BCUT2D eigenvalue weighted by atomic mass is 10.1. The Bertz CT molecular complexity index is 1530. The fraction of sp³-hybridized carbons (Fsp3) is 0. The Kier molecular flexibility index (Phi) is 6.48. The molecule has 186 valence electrons. The molecule has 5 amide bonds. The van der Waals surface area contributed by atoms with Crippen molar-refractivity contribution in [1.82, 2.24) is 5.32 Å². The molecule has 0 aromatic heterocycles. The largest absolute Gasteiger partial charge is 0.322 e. The molecule has 4 aromatic rings. The third-order valence-corrected chi connectivity index (χ3v) is 5.78. The number of anilines is 3. The van der Waals surface area contributed by atoms with Crippen LogP contribution in [0.4, 0.5) is 17.1 Å². The highest BCUT2D eigenvalue weighted by molar-refractivity contribution is 6.22. The molecule has 0 fully saturated rings. The van der Waals surface area contributed by atoms with Crippen molar-refractivity contribution in [2.75, 3.05) is 16.0 Å². The summed E-state index contributed by atoms with van der Waals surface area (Å²) in [6.07, 6.45) is 0. The summed E-state index contributed by atoms with van der Waals surface area (Å²) in [5.41, 5.74) is 2.23. The second kappa shape index (κ2) is 10.2. The molecule has 0 radical (unpaired) electrons. The molecule has 1 aliphatic heterocycles. The third-order valence-electron chi connectivity index (χ3n) is 5.78. The summed E-state index contributed by atoms with van der Waals surface area (Å²) in [6.45, 7) is 0. The molecule has 1 heterocycles. The van der Waals surface area contributed by atoms with Crippen LogP contribution >= 0.6 is 0 Å². The van der Waals surface area contributed by atoms with Crippen LogP contribution in [0.3, 0.4) is 0 Å². The highest BCUT2D eigenvalue weighted by atomic mass is 16.2. The van der Waals surface area contributed by atoms with Crippen molar-refractivity contribution < 1.29 is 24.0 Å². The van der Waals surface area contributed by atoms with Crippen molar-refractivity contribution in [3.63, 3.8) is 0 Å². The zero-order chi connectivity index (χ0) is 26.6. The van der Waals surface area contributed by atoms with Crippen molar-refractivity contribution in [2.45, 2.75) is 0 Å². The molecule has 1 aliphatic rings. The van der Waals surface area contributed by atoms with Gasteiger partial charge in [-0.15, -0.1) is 0 Å². The molecular weight excluding hydrogens is 484 g/mol. The van der Waals surface area contributed by atoms with Crippen LogP contribution in [0.2, 0.25) is 0 Å². The predicted octanol–water partition coefficient (Wildman–Crippen LogP) is 4.33. The van der Waals surface area contributed by atoms with Gasteiger partial charge in [0.1, 0.15) is 0 Å². The van der Waals surface area contributed by atoms with Gasteiger partial charge in [0.25, 0.3) is 29.5 Å². The second-order valence-electron chi connectivity index (χ2n) is 8.44. The van der Waals surface area contributed by atoms with Gasteiger partial charge in [0.15, 0.2) is 0 Å². The second-order valence-corrected chi connectivity index (χ2v) is 8.44. The third kappa shape index (κ3) is 5.17. The summed E-state index contributed by atoms with van der Waals surface area (Å²) < 4.78 is 0. The van der Waals surface area contributed by atoms with E-state index in [1.54, 1.807) is 66.7 Å². The van der Waals surface area contributed by atoms with Gasteiger partial charge in [0.2, 0.25) is 0 Å². The Balaban J connectivity index is 1.43. The maximum Gasteiger partial charge on any atom is 0.259 e. The molecule has 9 heteroatoms. The molecule has 0 saturated heterocycles. The monoisotopic (exact) mass is 504 g/mol. The number of rotatable bonds is 6. The smallest absolute Gasteiger partial charge is 0.259 e. The number of amides is 5. The molecular formula is C29H20N4O5. The minimum atomic E-state index is -0.555. The first kappa shape index (κ1) is 24.1. The molecule has 0 unspecified atom stereocenters. The quantitative estimate of drug-likeness (QED) is 0.290. The van der Waals surface area contributed by atoms with Crippen LogP contribution < -0.4 is 21.3 Å². The molecule has 9 nitrogen and oxygen atoms in total. The van der Waals surface area contributed by atoms with Crippen LogP contribution in [0, 0.1) is 0 Å². The summed E-state index contributed by atoms with van der Waals surface area (Å²) in [4.78, 5) is 62.4. The predicted molar refractivity (Wildman–Crippen MR) is 141 cm³/mol. The Labute approximate surface area is 216 Å². The van der Waals surface area contributed by atoms with Crippen molar-refractivity contribution in [1.29, 1.82) is 0 Å². The lowest BCUT2D eigenvalue weighted by Gasteiger charge is -2.13. The van der Waals surface area contributed by atoms with E-state index in [2.05, 4.69) is 21.3 Å². The van der Waals surface area contributed by atoms with E-state index in [0.29, 0.717) is 16.8 Å². The first-order valence-electron chi connectivity index (χ1n) is 11.6. The lowest BCUT2D eigenvalue weighted by Crippen LogP contribution is -2.19. The van der Waals surface area contributed by atoms with Crippen molar-refractivity contribution in [3.05, 3.63) is 125 Å². The minimum Gasteiger partial charge on any atom is -0.322 e. The van der Waals surface area contributed by atoms with Crippen molar-refractivity contribution in [2.24, 2.45) is 0 Å². The number of imide groups is 1. The summed E-state index contributed by atoms with van der Waals surface area (Å²) in [6, 6.07) is 26.0. The standard InChI is InChI=1S/C29H20N4O5/c34-25(17-7-3-1-4-8-17)31-21-13-19(14-22(15-21)32-26(35)18-9-5-2-6-10-18)27(36)30-20-11-12-23-24(16-20)29(38)33-28(23)37/h1-16H,(H,30,36)(H,31,34)(H,32,35)(H,33,37,38). The number of hydrogen-bond donors (Lipinski definition) is 4. The van der Waals surface area contributed by atoms with Gasteiger partial charge in [-0.05, 0) is 60.7 Å². The van der Waals surface area contributed by atoms with Crippen LogP contribution in [-0.4, -0.2) is 29.5 Å². The first-order valence-corrected chi connectivity index (χ1v) is 11.6. The maximum atomic E-state index is 13.2. The fourth-order valence-electron chi connectivity index (χ4n) is 3.94. The van der Waals surface area contributed by atoms with E-state index in [0.717, 1.165) is 0 Å². The Morgan fingerprint density at radius 2 is 0.947 bits per heavy atom. The van der Waals surface area contributed by atoms with E-state index >= 15 is 0 Å². The Morgan fingerprint density at radius 3 is 1.50 bits per heavy atom. The highest BCUT2D eigenvalue weighted by Gasteiger charge is 2.27. The number of carbonyl (C=O) groups excluding carboxylic acids is 5. The molecule has 0 bridgehead atoms. The van der Waals surface area contributed by atoms with Gasteiger partial charge >= 0.3 is 0 Å². The van der Waals surface area contributed by atoms with Gasteiger partial charge in [0, 0.05) is 33.8 Å². The molecule has 0 saturated carbocycles. The topological polar surface area (TPSA) is 133 Å². The van der Waals surface area contributed by atoms with Gasteiger partial charge in [-0.3, -0.25) is 29.3 Å². The molecule has 0 aliphatic carbocycles. The normalized spacial score (nSPS) is 11.8. The zero-order valence-corrected chi connectivity index (χ0v) is 19.8. The van der Waals surface area contributed by atoms with E-state index < -0.39 is 29.5 Å². The van der Waals surface area contributed by atoms with E-state index in [1.165, 1.54) is 30.3 Å². The lowest BCUT2D eigenvalue weighted by molar-refractivity contribution is 0.0877. The number of hydrogen-bond acceptors (Lipinski definition) is 5. The van der Waals surface area contributed by atoms with Crippen molar-refractivity contribution >= 4 is 46.6 Å². The summed E-state index contributed by atoms with van der Waals surface area (Å²) in [5.74, 6) is -2.38. The van der Waals surface area contributed by atoms with E-state index in [-0.39, 0.29) is 28.1 Å². The average Bonchev–Trinajstić information content (AvgIpc) is 3.21. The Morgan fingerprint density at radius 1 is 0.474 bits per heavy atom. The molecule has 5 rings (SSSR count). The van der Waals surface area contributed by atoms with E-state index in [1.807, 2.05) is 0 Å². The maximum absolute atomic E-state index is 13.2. The molecule has 38 heavy (non-hydrogen) atoms. The van der Waals surface area contributed by atoms with E-state index in [9.17, 15) is 24.0 Å². The SMILES string of the molecule is O=C(Nc1cc(NC(=O)c2ccccc2)cc(C(=O)Nc2ccc3c(c2)C(=O)NC3=O)c1)c1ccccc1. The Hall–Kier alpha value is -5.57. The number of fused-ring (bicyclic) bond motifs is 1. The van der Waals surface area contributed by atoms with Crippen LogP contribution in [0.15, 0.2) is 97.1 Å². The van der Waals surface area contributed by atoms with Gasteiger partial charge < -0.3 is 16.0 Å². The number of benzene rings is 4. The van der Waals surface area contributed by atoms with Crippen molar-refractivity contribution in [3.8, 4) is 0 Å². The summed E-state index contributed by atoms with van der Waals surface area (Å²) >= 11 is 0. The summed E-state index contributed by atoms with van der Waals surface area (Å²) in [7, 11) is 0. The summed E-state index contributed by atoms with van der Waals surface area (Å²) in [5, 5.41) is 10.4. The van der Waals surface area contributed by atoms with Gasteiger partial charge in [0.05, 0.1) is 11.1 Å². The number of carbonyl (C=O) groups is 5. The van der Waals surface area contributed by atoms with Gasteiger partial charge in [-0.25, -0.2) is 0 Å². The average molecular weight is 505 g/mol. The fourth-order valence-corrected chi connectivity index (χ4v) is 3.94. The highest BCUT2D eigenvalue weighted by Crippen LogP contribution is 2.24. The van der Waals surface area contributed by atoms with Gasteiger partial charge in [-0.1, -0.05) is 36.4 Å². The molecule has 4 N–H and O–H groups in total. The van der Waals surface area contributed by atoms with Crippen LogP contribution in [0.5, 0.6) is 0 Å².